The normalized spacial score (nSPS) is 30.6. The molecule has 2 fully saturated rings. The Kier molecular flexibility index (Phi) is 4.79. The highest BCUT2D eigenvalue weighted by molar-refractivity contribution is 7.99. The number of ether oxygens (including phenoxy) is 1. The Labute approximate surface area is 96.8 Å². The van der Waals surface area contributed by atoms with Crippen LogP contribution in [-0.4, -0.2) is 35.4 Å². The molecule has 0 amide bonds. The molecular weight excluding hydrogens is 208 g/mol. The Hall–Kier alpha value is 0.270. The Balaban J connectivity index is 1.64. The molecule has 0 radical (unpaired) electrons. The first-order valence-corrected chi connectivity index (χ1v) is 7.28. The van der Waals surface area contributed by atoms with Gasteiger partial charge in [0.1, 0.15) is 0 Å². The number of rotatable bonds is 4. The minimum Gasteiger partial charge on any atom is -0.392 e. The van der Waals surface area contributed by atoms with Crippen LogP contribution in [0.1, 0.15) is 38.5 Å². The van der Waals surface area contributed by atoms with Crippen LogP contribution in [0.15, 0.2) is 0 Å². The Bertz CT molecular complexity index is 174. The van der Waals surface area contributed by atoms with E-state index >= 15 is 0 Å². The zero-order valence-electron chi connectivity index (χ0n) is 9.36. The molecule has 88 valence electrons. The molecule has 1 saturated heterocycles. The first-order chi connectivity index (χ1) is 7.36. The summed E-state index contributed by atoms with van der Waals surface area (Å²) in [5, 5.41) is 10.9. The molecule has 0 aromatic carbocycles. The third kappa shape index (κ3) is 3.65. The van der Waals surface area contributed by atoms with Gasteiger partial charge >= 0.3 is 0 Å². The van der Waals surface area contributed by atoms with Crippen LogP contribution in [0, 0.1) is 5.92 Å². The predicted molar refractivity (Wildman–Crippen MR) is 64.3 cm³/mol. The molecule has 1 saturated carbocycles. The number of hydrogen-bond donors (Lipinski definition) is 1. The Morgan fingerprint density at radius 3 is 2.67 bits per heavy atom. The summed E-state index contributed by atoms with van der Waals surface area (Å²) in [7, 11) is 0. The summed E-state index contributed by atoms with van der Waals surface area (Å²) < 4.78 is 5.41. The van der Waals surface area contributed by atoms with Crippen LogP contribution < -0.4 is 0 Å². The molecule has 3 heteroatoms. The highest BCUT2D eigenvalue weighted by atomic mass is 32.2. The SMILES string of the molecule is OC(CSC1CCCC1)C1CCCOC1. The van der Waals surface area contributed by atoms with Gasteiger partial charge in [-0.1, -0.05) is 12.8 Å². The molecule has 2 atom stereocenters. The van der Waals surface area contributed by atoms with Crippen molar-refractivity contribution in [3.8, 4) is 0 Å². The van der Waals surface area contributed by atoms with Gasteiger partial charge in [0.05, 0.1) is 12.7 Å². The van der Waals surface area contributed by atoms with E-state index in [-0.39, 0.29) is 6.10 Å². The van der Waals surface area contributed by atoms with Crippen molar-refractivity contribution in [2.24, 2.45) is 5.92 Å². The second-order valence-electron chi connectivity index (χ2n) is 4.78. The van der Waals surface area contributed by atoms with E-state index in [4.69, 9.17) is 4.74 Å². The second kappa shape index (κ2) is 6.12. The molecule has 0 aromatic heterocycles. The molecular formula is C12H22O2S. The maximum absolute atomic E-state index is 10.0. The fourth-order valence-corrected chi connectivity index (χ4v) is 3.90. The number of hydrogen-bond acceptors (Lipinski definition) is 3. The van der Waals surface area contributed by atoms with Gasteiger partial charge < -0.3 is 9.84 Å². The largest absolute Gasteiger partial charge is 0.392 e. The van der Waals surface area contributed by atoms with Crippen LogP contribution in [0.25, 0.3) is 0 Å². The highest BCUT2D eigenvalue weighted by Crippen LogP contribution is 2.31. The molecule has 0 bridgehead atoms. The summed E-state index contributed by atoms with van der Waals surface area (Å²) in [6.07, 6.45) is 7.62. The van der Waals surface area contributed by atoms with Gasteiger partial charge in [-0.15, -0.1) is 0 Å². The minimum absolute atomic E-state index is 0.143. The predicted octanol–water partition coefficient (Wildman–Crippen LogP) is 2.45. The third-order valence-electron chi connectivity index (χ3n) is 3.54. The molecule has 2 nitrogen and oxygen atoms in total. The molecule has 15 heavy (non-hydrogen) atoms. The van der Waals surface area contributed by atoms with Gasteiger partial charge in [-0.2, -0.15) is 11.8 Å². The van der Waals surface area contributed by atoms with Crippen molar-refractivity contribution in [1.29, 1.82) is 0 Å². The molecule has 0 aromatic rings. The zero-order chi connectivity index (χ0) is 10.5. The Morgan fingerprint density at radius 2 is 2.00 bits per heavy atom. The molecule has 1 heterocycles. The van der Waals surface area contributed by atoms with Gasteiger partial charge in [0, 0.05) is 23.5 Å². The lowest BCUT2D eigenvalue weighted by atomic mass is 9.97. The minimum atomic E-state index is -0.143. The van der Waals surface area contributed by atoms with Crippen molar-refractivity contribution < 1.29 is 9.84 Å². The maximum Gasteiger partial charge on any atom is 0.0680 e. The summed E-state index contributed by atoms with van der Waals surface area (Å²) in [6.45, 7) is 1.66. The summed E-state index contributed by atoms with van der Waals surface area (Å²) in [5.74, 6) is 1.31. The number of aliphatic hydroxyl groups excluding tert-OH is 1. The fourth-order valence-electron chi connectivity index (χ4n) is 2.49. The Morgan fingerprint density at radius 1 is 1.20 bits per heavy atom. The monoisotopic (exact) mass is 230 g/mol. The fraction of sp³-hybridized carbons (Fsp3) is 1.00. The summed E-state index contributed by atoms with van der Waals surface area (Å²) in [5.41, 5.74) is 0. The van der Waals surface area contributed by atoms with E-state index in [1.54, 1.807) is 0 Å². The van der Waals surface area contributed by atoms with Crippen molar-refractivity contribution in [1.82, 2.24) is 0 Å². The third-order valence-corrected chi connectivity index (χ3v) is 5.02. The number of aliphatic hydroxyl groups is 1. The first kappa shape index (κ1) is 11.7. The van der Waals surface area contributed by atoms with E-state index in [0.29, 0.717) is 5.92 Å². The van der Waals surface area contributed by atoms with Crippen molar-refractivity contribution in [2.75, 3.05) is 19.0 Å². The van der Waals surface area contributed by atoms with Crippen LogP contribution in [0.5, 0.6) is 0 Å². The second-order valence-corrected chi connectivity index (χ2v) is 6.12. The molecule has 2 aliphatic rings. The van der Waals surface area contributed by atoms with Crippen LogP contribution in [0.4, 0.5) is 0 Å². The topological polar surface area (TPSA) is 29.5 Å². The molecule has 2 rings (SSSR count). The van der Waals surface area contributed by atoms with E-state index in [9.17, 15) is 5.11 Å². The van der Waals surface area contributed by atoms with E-state index in [2.05, 4.69) is 0 Å². The van der Waals surface area contributed by atoms with Crippen LogP contribution in [-0.2, 0) is 4.74 Å². The molecule has 2 unspecified atom stereocenters. The number of thioether (sulfide) groups is 1. The van der Waals surface area contributed by atoms with Gasteiger partial charge in [-0.25, -0.2) is 0 Å². The quantitative estimate of drug-likeness (QED) is 0.804. The summed E-state index contributed by atoms with van der Waals surface area (Å²) in [6, 6.07) is 0. The van der Waals surface area contributed by atoms with Gasteiger partial charge in [0.25, 0.3) is 0 Å². The van der Waals surface area contributed by atoms with Crippen LogP contribution in [0.2, 0.25) is 0 Å². The lowest BCUT2D eigenvalue weighted by molar-refractivity contribution is -0.0000702. The van der Waals surface area contributed by atoms with Gasteiger partial charge in [-0.3, -0.25) is 0 Å². The van der Waals surface area contributed by atoms with E-state index in [1.807, 2.05) is 11.8 Å². The molecule has 1 aliphatic heterocycles. The molecule has 1 N–H and O–H groups in total. The van der Waals surface area contributed by atoms with Crippen LogP contribution >= 0.6 is 11.8 Å². The molecule has 0 spiro atoms. The van der Waals surface area contributed by atoms with E-state index in [0.717, 1.165) is 37.1 Å². The standard InChI is InChI=1S/C12H22O2S/c13-12(10-4-3-7-14-8-10)9-15-11-5-1-2-6-11/h10-13H,1-9H2. The van der Waals surface area contributed by atoms with Crippen molar-refractivity contribution >= 4 is 11.8 Å². The van der Waals surface area contributed by atoms with Crippen molar-refractivity contribution in [3.63, 3.8) is 0 Å². The maximum atomic E-state index is 10.0. The van der Waals surface area contributed by atoms with E-state index in [1.165, 1.54) is 25.7 Å². The lowest BCUT2D eigenvalue weighted by Gasteiger charge is -2.27. The summed E-state index contributed by atoms with van der Waals surface area (Å²) in [4.78, 5) is 0. The smallest absolute Gasteiger partial charge is 0.0680 e. The average Bonchev–Trinajstić information content (AvgIpc) is 2.80. The van der Waals surface area contributed by atoms with Gasteiger partial charge in [0.15, 0.2) is 0 Å². The zero-order valence-corrected chi connectivity index (χ0v) is 10.2. The summed E-state index contributed by atoms with van der Waals surface area (Å²) >= 11 is 1.98. The highest BCUT2D eigenvalue weighted by Gasteiger charge is 2.24. The first-order valence-electron chi connectivity index (χ1n) is 6.23. The van der Waals surface area contributed by atoms with Crippen LogP contribution in [0.3, 0.4) is 0 Å². The van der Waals surface area contributed by atoms with Crippen molar-refractivity contribution in [3.05, 3.63) is 0 Å². The van der Waals surface area contributed by atoms with Gasteiger partial charge in [-0.05, 0) is 25.7 Å². The lowest BCUT2D eigenvalue weighted by Crippen LogP contribution is -2.31. The average molecular weight is 230 g/mol. The molecule has 1 aliphatic carbocycles. The van der Waals surface area contributed by atoms with Gasteiger partial charge in [0.2, 0.25) is 0 Å². The van der Waals surface area contributed by atoms with E-state index < -0.39 is 0 Å². The van der Waals surface area contributed by atoms with Crippen molar-refractivity contribution in [2.45, 2.75) is 49.9 Å².